The minimum atomic E-state index is 0.213. The van der Waals surface area contributed by atoms with Gasteiger partial charge in [0.2, 0.25) is 5.88 Å². The Balaban J connectivity index is 1.45. The van der Waals surface area contributed by atoms with E-state index in [1.54, 1.807) is 0 Å². The van der Waals surface area contributed by atoms with Gasteiger partial charge < -0.3 is 10.1 Å². The van der Waals surface area contributed by atoms with E-state index < -0.39 is 0 Å². The third-order valence-electron chi connectivity index (χ3n) is 5.40. The number of rotatable bonds is 3. The number of hydrogen-bond acceptors (Lipinski definition) is 4. The van der Waals surface area contributed by atoms with Crippen molar-refractivity contribution in [2.75, 3.05) is 13.1 Å². The Hall–Kier alpha value is -1.94. The summed E-state index contributed by atoms with van der Waals surface area (Å²) in [5, 5.41) is 3.47. The fourth-order valence-corrected chi connectivity index (χ4v) is 3.91. The van der Waals surface area contributed by atoms with E-state index in [1.165, 1.54) is 35.2 Å². The second-order valence-corrected chi connectivity index (χ2v) is 7.25. The predicted octanol–water partition coefficient (Wildman–Crippen LogP) is 2.59. The molecular formula is C20H23N3O. The van der Waals surface area contributed by atoms with Gasteiger partial charge in [-0.25, -0.2) is 4.98 Å². The molecule has 2 aliphatic carbocycles. The smallest absolute Gasteiger partial charge is 0.220 e. The van der Waals surface area contributed by atoms with Crippen LogP contribution in [0.3, 0.4) is 0 Å². The van der Waals surface area contributed by atoms with E-state index in [4.69, 9.17) is 14.7 Å². The van der Waals surface area contributed by atoms with E-state index in [2.05, 4.69) is 29.6 Å². The molecular weight excluding hydrogens is 298 g/mol. The molecule has 4 heteroatoms. The number of ether oxygens (including phenoxy) is 1. The zero-order valence-electron chi connectivity index (χ0n) is 13.9. The molecule has 3 aliphatic rings. The molecule has 0 atom stereocenters. The molecule has 5 rings (SSSR count). The third-order valence-corrected chi connectivity index (χ3v) is 5.40. The van der Waals surface area contributed by atoms with Crippen molar-refractivity contribution in [2.24, 2.45) is 0 Å². The van der Waals surface area contributed by atoms with Crippen molar-refractivity contribution >= 4 is 0 Å². The first-order chi connectivity index (χ1) is 11.9. The number of nitrogens with one attached hydrogen (secondary N) is 1. The van der Waals surface area contributed by atoms with E-state index in [1.807, 2.05) is 0 Å². The summed E-state index contributed by atoms with van der Waals surface area (Å²) >= 11 is 0. The quantitative estimate of drug-likeness (QED) is 0.944. The molecule has 0 bridgehead atoms. The highest BCUT2D eigenvalue weighted by molar-refractivity contribution is 5.36. The molecule has 1 fully saturated rings. The van der Waals surface area contributed by atoms with Crippen molar-refractivity contribution in [3.63, 3.8) is 0 Å². The Kier molecular flexibility index (Phi) is 3.51. The molecule has 0 saturated heterocycles. The van der Waals surface area contributed by atoms with Gasteiger partial charge in [-0.1, -0.05) is 24.3 Å². The van der Waals surface area contributed by atoms with Gasteiger partial charge in [0.05, 0.1) is 5.69 Å². The zero-order valence-corrected chi connectivity index (χ0v) is 13.9. The average molecular weight is 321 g/mol. The van der Waals surface area contributed by atoms with Crippen LogP contribution >= 0.6 is 0 Å². The zero-order chi connectivity index (χ0) is 15.9. The molecule has 124 valence electrons. The number of nitrogens with zero attached hydrogens (tertiary/aromatic N) is 2. The number of fused-ring (bicyclic) bond motifs is 2. The normalized spacial score (nSPS) is 20.3. The second kappa shape index (κ2) is 5.85. The lowest BCUT2D eigenvalue weighted by Crippen LogP contribution is -2.20. The van der Waals surface area contributed by atoms with E-state index >= 15 is 0 Å². The fourth-order valence-electron chi connectivity index (χ4n) is 3.91. The van der Waals surface area contributed by atoms with Gasteiger partial charge in [-0.2, -0.15) is 4.98 Å². The topological polar surface area (TPSA) is 47.0 Å². The van der Waals surface area contributed by atoms with Crippen LogP contribution in [0.2, 0.25) is 0 Å². The molecule has 2 heterocycles. The lowest BCUT2D eigenvalue weighted by Gasteiger charge is -2.17. The molecule has 1 N–H and O–H groups in total. The van der Waals surface area contributed by atoms with E-state index in [0.29, 0.717) is 5.92 Å². The van der Waals surface area contributed by atoms with Gasteiger partial charge in [-0.15, -0.1) is 0 Å². The van der Waals surface area contributed by atoms with Crippen molar-refractivity contribution in [3.05, 3.63) is 52.5 Å². The highest BCUT2D eigenvalue weighted by atomic mass is 16.5. The van der Waals surface area contributed by atoms with Crippen LogP contribution in [-0.4, -0.2) is 29.2 Å². The Morgan fingerprint density at radius 2 is 1.71 bits per heavy atom. The summed E-state index contributed by atoms with van der Waals surface area (Å²) in [6.45, 7) is 1.99. The summed E-state index contributed by atoms with van der Waals surface area (Å²) in [6, 6.07) is 8.68. The lowest BCUT2D eigenvalue weighted by molar-refractivity contribution is 0.201. The van der Waals surface area contributed by atoms with Gasteiger partial charge in [0.25, 0.3) is 0 Å². The minimum absolute atomic E-state index is 0.213. The van der Waals surface area contributed by atoms with Crippen LogP contribution in [0.5, 0.6) is 5.88 Å². The van der Waals surface area contributed by atoms with Crippen LogP contribution in [0.15, 0.2) is 24.3 Å². The van der Waals surface area contributed by atoms with Gasteiger partial charge in [-0.3, -0.25) is 0 Å². The SMILES string of the molecule is c1ccc2c(c1)CC(Oc1nc(C3CC3)nc3c1CCNCC3)C2. The molecule has 2 aromatic rings. The van der Waals surface area contributed by atoms with Crippen molar-refractivity contribution in [1.29, 1.82) is 0 Å². The first kappa shape index (κ1) is 14.4. The predicted molar refractivity (Wildman–Crippen MR) is 92.6 cm³/mol. The van der Waals surface area contributed by atoms with Crippen LogP contribution < -0.4 is 10.1 Å². The minimum Gasteiger partial charge on any atom is -0.473 e. The van der Waals surface area contributed by atoms with Crippen LogP contribution in [-0.2, 0) is 25.7 Å². The van der Waals surface area contributed by atoms with Crippen molar-refractivity contribution < 1.29 is 4.74 Å². The maximum atomic E-state index is 6.45. The standard InChI is InChI=1S/C20H23N3O/c1-2-4-15-12-16(11-14(15)3-1)24-20-17-7-9-21-10-8-18(17)22-19(23-20)13-5-6-13/h1-4,13,16,21H,5-12H2. The summed E-state index contributed by atoms with van der Waals surface area (Å²) in [7, 11) is 0. The summed E-state index contributed by atoms with van der Waals surface area (Å²) in [5.41, 5.74) is 5.29. The van der Waals surface area contributed by atoms with Crippen molar-refractivity contribution in [3.8, 4) is 5.88 Å². The third kappa shape index (κ3) is 2.69. The Morgan fingerprint density at radius 3 is 2.46 bits per heavy atom. The summed E-state index contributed by atoms with van der Waals surface area (Å²) < 4.78 is 6.45. The molecule has 0 spiro atoms. The molecule has 4 nitrogen and oxygen atoms in total. The average Bonchev–Trinajstić information content (AvgIpc) is 3.38. The molecule has 0 unspecified atom stereocenters. The van der Waals surface area contributed by atoms with Crippen molar-refractivity contribution in [2.45, 2.75) is 50.5 Å². The molecule has 0 radical (unpaired) electrons. The molecule has 1 aromatic heterocycles. The first-order valence-corrected chi connectivity index (χ1v) is 9.20. The highest BCUT2D eigenvalue weighted by Gasteiger charge is 2.31. The maximum absolute atomic E-state index is 6.45. The lowest BCUT2D eigenvalue weighted by atomic mass is 10.1. The summed E-state index contributed by atoms with van der Waals surface area (Å²) in [5.74, 6) is 2.44. The number of hydrogen-bond donors (Lipinski definition) is 1. The van der Waals surface area contributed by atoms with E-state index in [9.17, 15) is 0 Å². The molecule has 1 aromatic carbocycles. The summed E-state index contributed by atoms with van der Waals surface area (Å²) in [6.07, 6.45) is 6.60. The maximum Gasteiger partial charge on any atom is 0.220 e. The van der Waals surface area contributed by atoms with Crippen LogP contribution in [0.4, 0.5) is 0 Å². The van der Waals surface area contributed by atoms with Gasteiger partial charge in [0, 0.05) is 37.3 Å². The van der Waals surface area contributed by atoms with Crippen molar-refractivity contribution in [1.82, 2.24) is 15.3 Å². The van der Waals surface area contributed by atoms with Gasteiger partial charge >= 0.3 is 0 Å². The fraction of sp³-hybridized carbons (Fsp3) is 0.500. The monoisotopic (exact) mass is 321 g/mol. The first-order valence-electron chi connectivity index (χ1n) is 9.20. The second-order valence-electron chi connectivity index (χ2n) is 7.25. The Labute approximate surface area is 142 Å². The van der Waals surface area contributed by atoms with Crippen LogP contribution in [0.25, 0.3) is 0 Å². The Morgan fingerprint density at radius 1 is 0.958 bits per heavy atom. The number of benzene rings is 1. The van der Waals surface area contributed by atoms with Gasteiger partial charge in [0.1, 0.15) is 11.9 Å². The van der Waals surface area contributed by atoms with E-state index in [0.717, 1.165) is 50.5 Å². The summed E-state index contributed by atoms with van der Waals surface area (Å²) in [4.78, 5) is 9.73. The number of aromatic nitrogens is 2. The van der Waals surface area contributed by atoms with E-state index in [-0.39, 0.29) is 6.10 Å². The molecule has 0 amide bonds. The molecule has 1 saturated carbocycles. The van der Waals surface area contributed by atoms with Gasteiger partial charge in [-0.05, 0) is 36.9 Å². The van der Waals surface area contributed by atoms with Gasteiger partial charge in [0.15, 0.2) is 0 Å². The highest BCUT2D eigenvalue weighted by Crippen LogP contribution is 2.40. The Bertz CT molecular complexity index is 744. The largest absolute Gasteiger partial charge is 0.473 e. The molecule has 24 heavy (non-hydrogen) atoms. The van der Waals surface area contributed by atoms with Crippen LogP contribution in [0.1, 0.15) is 47.0 Å². The van der Waals surface area contributed by atoms with Crippen LogP contribution in [0, 0.1) is 0 Å². The molecule has 1 aliphatic heterocycles.